The molecule has 3 nitrogen and oxygen atoms in total. The molecule has 1 rings (SSSR count). The van der Waals surface area contributed by atoms with Gasteiger partial charge in [-0.2, -0.15) is 0 Å². The number of nitrogens with one attached hydrogen (secondary N) is 1. The minimum atomic E-state index is -0.154. The van der Waals surface area contributed by atoms with E-state index < -0.39 is 0 Å². The van der Waals surface area contributed by atoms with Crippen LogP contribution in [-0.2, 0) is 6.42 Å². The van der Waals surface area contributed by atoms with E-state index >= 15 is 0 Å². The molecule has 0 spiro atoms. The Morgan fingerprint density at radius 1 is 1.31 bits per heavy atom. The molecule has 1 atom stereocenters. The standard InChI is InChI=1S/C13H19NO2/c1-3-10-5-7-11(8-6-10)13(16)14-12(4-2)9-15/h5-8,12,15H,3-4,9H2,1-2H3,(H,14,16). The van der Waals surface area contributed by atoms with E-state index in [4.69, 9.17) is 5.11 Å². The van der Waals surface area contributed by atoms with E-state index in [1.54, 1.807) is 0 Å². The number of benzene rings is 1. The molecule has 3 heteroatoms. The van der Waals surface area contributed by atoms with Gasteiger partial charge in [-0.1, -0.05) is 26.0 Å². The van der Waals surface area contributed by atoms with E-state index in [0.717, 1.165) is 12.8 Å². The topological polar surface area (TPSA) is 49.3 Å². The minimum absolute atomic E-state index is 0.0186. The van der Waals surface area contributed by atoms with Crippen molar-refractivity contribution in [1.29, 1.82) is 0 Å². The third-order valence-corrected chi connectivity index (χ3v) is 2.67. The Morgan fingerprint density at radius 2 is 1.94 bits per heavy atom. The lowest BCUT2D eigenvalue weighted by Crippen LogP contribution is -2.36. The molecule has 16 heavy (non-hydrogen) atoms. The van der Waals surface area contributed by atoms with Gasteiger partial charge in [-0.25, -0.2) is 0 Å². The number of aryl methyl sites for hydroxylation is 1. The summed E-state index contributed by atoms with van der Waals surface area (Å²) in [6, 6.07) is 7.39. The van der Waals surface area contributed by atoms with Gasteiger partial charge in [-0.3, -0.25) is 4.79 Å². The summed E-state index contributed by atoms with van der Waals surface area (Å²) in [4.78, 5) is 11.8. The first-order valence-electron chi connectivity index (χ1n) is 5.71. The fraction of sp³-hybridized carbons (Fsp3) is 0.462. The molecule has 2 N–H and O–H groups in total. The fourth-order valence-corrected chi connectivity index (χ4v) is 1.44. The molecule has 0 saturated carbocycles. The lowest BCUT2D eigenvalue weighted by Gasteiger charge is -2.13. The summed E-state index contributed by atoms with van der Waals surface area (Å²) in [6.45, 7) is 3.99. The van der Waals surface area contributed by atoms with Gasteiger partial charge in [-0.15, -0.1) is 0 Å². The predicted octanol–water partition coefficient (Wildman–Crippen LogP) is 1.75. The molecule has 88 valence electrons. The van der Waals surface area contributed by atoms with Gasteiger partial charge in [-0.05, 0) is 30.5 Å². The van der Waals surface area contributed by atoms with E-state index in [1.165, 1.54) is 5.56 Å². The molecular formula is C13H19NO2. The van der Waals surface area contributed by atoms with Gasteiger partial charge < -0.3 is 10.4 Å². The van der Waals surface area contributed by atoms with Gasteiger partial charge in [0.1, 0.15) is 0 Å². The molecule has 0 heterocycles. The Hall–Kier alpha value is -1.35. The molecule has 0 fully saturated rings. The van der Waals surface area contributed by atoms with Crippen LogP contribution in [0.4, 0.5) is 0 Å². The highest BCUT2D eigenvalue weighted by Crippen LogP contribution is 2.05. The molecule has 0 bridgehead atoms. The second-order valence-electron chi connectivity index (χ2n) is 3.81. The molecule has 1 unspecified atom stereocenters. The van der Waals surface area contributed by atoms with Crippen LogP contribution in [0.25, 0.3) is 0 Å². The van der Waals surface area contributed by atoms with E-state index in [1.807, 2.05) is 31.2 Å². The van der Waals surface area contributed by atoms with Gasteiger partial charge in [0.25, 0.3) is 5.91 Å². The molecule has 0 aliphatic rings. The molecule has 1 amide bonds. The number of rotatable bonds is 5. The van der Waals surface area contributed by atoms with Crippen LogP contribution in [-0.4, -0.2) is 23.7 Å². The first-order chi connectivity index (χ1) is 7.71. The SMILES string of the molecule is CCc1ccc(C(=O)NC(CC)CO)cc1. The average molecular weight is 221 g/mol. The summed E-state index contributed by atoms with van der Waals surface area (Å²) in [5, 5.41) is 11.8. The largest absolute Gasteiger partial charge is 0.394 e. The Bertz CT molecular complexity index is 328. The third kappa shape index (κ3) is 3.35. The van der Waals surface area contributed by atoms with Crippen LogP contribution in [0, 0.1) is 0 Å². The van der Waals surface area contributed by atoms with Crippen molar-refractivity contribution >= 4 is 5.91 Å². The monoisotopic (exact) mass is 221 g/mol. The summed E-state index contributed by atoms with van der Waals surface area (Å²) in [7, 11) is 0. The molecule has 0 saturated heterocycles. The van der Waals surface area contributed by atoms with Gasteiger partial charge in [0.2, 0.25) is 0 Å². The summed E-state index contributed by atoms with van der Waals surface area (Å²) < 4.78 is 0. The number of aliphatic hydroxyl groups excluding tert-OH is 1. The first kappa shape index (κ1) is 12.7. The number of amides is 1. The smallest absolute Gasteiger partial charge is 0.251 e. The summed E-state index contributed by atoms with van der Waals surface area (Å²) in [5.74, 6) is -0.122. The van der Waals surface area contributed by atoms with Crippen molar-refractivity contribution in [3.63, 3.8) is 0 Å². The number of carbonyl (C=O) groups is 1. The zero-order valence-electron chi connectivity index (χ0n) is 9.86. The molecule has 1 aromatic carbocycles. The Balaban J connectivity index is 2.65. The summed E-state index contributed by atoms with van der Waals surface area (Å²) >= 11 is 0. The maximum Gasteiger partial charge on any atom is 0.251 e. The number of hydrogen-bond acceptors (Lipinski definition) is 2. The predicted molar refractivity (Wildman–Crippen MR) is 64.5 cm³/mol. The quantitative estimate of drug-likeness (QED) is 0.795. The Kier molecular flexibility index (Phi) is 4.99. The first-order valence-corrected chi connectivity index (χ1v) is 5.71. The maximum absolute atomic E-state index is 11.8. The van der Waals surface area contributed by atoms with Gasteiger partial charge in [0.15, 0.2) is 0 Å². The zero-order valence-corrected chi connectivity index (χ0v) is 9.86. The normalized spacial score (nSPS) is 12.2. The summed E-state index contributed by atoms with van der Waals surface area (Å²) in [5.41, 5.74) is 1.86. The van der Waals surface area contributed by atoms with E-state index in [9.17, 15) is 4.79 Å². The van der Waals surface area contributed by atoms with E-state index in [2.05, 4.69) is 12.2 Å². The molecular weight excluding hydrogens is 202 g/mol. The van der Waals surface area contributed by atoms with Crippen molar-refractivity contribution in [1.82, 2.24) is 5.32 Å². The van der Waals surface area contributed by atoms with Crippen molar-refractivity contribution in [3.05, 3.63) is 35.4 Å². The summed E-state index contributed by atoms with van der Waals surface area (Å²) in [6.07, 6.45) is 1.70. The van der Waals surface area contributed by atoms with Gasteiger partial charge in [0.05, 0.1) is 12.6 Å². The second-order valence-corrected chi connectivity index (χ2v) is 3.81. The molecule has 0 aromatic heterocycles. The van der Waals surface area contributed by atoms with Crippen LogP contribution in [0.1, 0.15) is 36.2 Å². The van der Waals surface area contributed by atoms with Gasteiger partial charge >= 0.3 is 0 Å². The van der Waals surface area contributed by atoms with Crippen LogP contribution in [0.2, 0.25) is 0 Å². The molecule has 0 radical (unpaired) electrons. The second kappa shape index (κ2) is 6.28. The van der Waals surface area contributed by atoms with Crippen molar-refractivity contribution in [2.45, 2.75) is 32.7 Å². The van der Waals surface area contributed by atoms with Crippen LogP contribution >= 0.6 is 0 Å². The van der Waals surface area contributed by atoms with E-state index in [-0.39, 0.29) is 18.6 Å². The highest BCUT2D eigenvalue weighted by atomic mass is 16.3. The van der Waals surface area contributed by atoms with Crippen molar-refractivity contribution < 1.29 is 9.90 Å². The minimum Gasteiger partial charge on any atom is -0.394 e. The van der Waals surface area contributed by atoms with Crippen LogP contribution in [0.15, 0.2) is 24.3 Å². The van der Waals surface area contributed by atoms with Crippen LogP contribution < -0.4 is 5.32 Å². The van der Waals surface area contributed by atoms with Crippen molar-refractivity contribution in [2.75, 3.05) is 6.61 Å². The lowest BCUT2D eigenvalue weighted by atomic mass is 10.1. The highest BCUT2D eigenvalue weighted by Gasteiger charge is 2.10. The Labute approximate surface area is 96.5 Å². The number of aliphatic hydroxyl groups is 1. The maximum atomic E-state index is 11.8. The van der Waals surface area contributed by atoms with Gasteiger partial charge in [0, 0.05) is 5.56 Å². The van der Waals surface area contributed by atoms with Crippen molar-refractivity contribution in [3.8, 4) is 0 Å². The highest BCUT2D eigenvalue weighted by molar-refractivity contribution is 5.94. The zero-order chi connectivity index (χ0) is 12.0. The van der Waals surface area contributed by atoms with Crippen LogP contribution in [0.3, 0.4) is 0 Å². The number of hydrogen-bond donors (Lipinski definition) is 2. The molecule has 0 aliphatic heterocycles. The lowest BCUT2D eigenvalue weighted by molar-refractivity contribution is 0.0915. The average Bonchev–Trinajstić information content (AvgIpc) is 2.35. The number of carbonyl (C=O) groups excluding carboxylic acids is 1. The third-order valence-electron chi connectivity index (χ3n) is 2.67. The van der Waals surface area contributed by atoms with Crippen molar-refractivity contribution in [2.24, 2.45) is 0 Å². The van der Waals surface area contributed by atoms with E-state index in [0.29, 0.717) is 5.56 Å². The molecule has 0 aliphatic carbocycles. The fourth-order valence-electron chi connectivity index (χ4n) is 1.44. The van der Waals surface area contributed by atoms with Crippen LogP contribution in [0.5, 0.6) is 0 Å². The molecule has 1 aromatic rings. The Morgan fingerprint density at radius 3 is 2.38 bits per heavy atom.